The SMILES string of the molecule is CON([O-])C1C2C=CC(C2)C1C. The van der Waals surface area contributed by atoms with Crippen molar-refractivity contribution in [3.63, 3.8) is 0 Å². The molecule has 0 spiro atoms. The van der Waals surface area contributed by atoms with Crippen molar-refractivity contribution in [3.05, 3.63) is 17.4 Å². The van der Waals surface area contributed by atoms with E-state index in [2.05, 4.69) is 19.1 Å². The zero-order valence-corrected chi connectivity index (χ0v) is 7.43. The number of hydroxylamine groups is 2. The predicted molar refractivity (Wildman–Crippen MR) is 45.9 cm³/mol. The molecule has 0 N–H and O–H groups in total. The maximum absolute atomic E-state index is 11.3. The van der Waals surface area contributed by atoms with Crippen molar-refractivity contribution in [3.8, 4) is 0 Å². The molecule has 0 aliphatic heterocycles. The fraction of sp³-hybridized carbons (Fsp3) is 0.778. The minimum atomic E-state index is 0.0463. The van der Waals surface area contributed by atoms with Crippen molar-refractivity contribution in [2.75, 3.05) is 7.11 Å². The molecule has 4 unspecified atom stereocenters. The Labute approximate surface area is 72.5 Å². The van der Waals surface area contributed by atoms with Gasteiger partial charge in [-0.3, -0.25) is 5.23 Å². The van der Waals surface area contributed by atoms with Crippen LogP contribution in [0.3, 0.4) is 0 Å². The summed E-state index contributed by atoms with van der Waals surface area (Å²) in [4.78, 5) is 4.70. The summed E-state index contributed by atoms with van der Waals surface area (Å²) in [5.74, 6) is 1.46. The van der Waals surface area contributed by atoms with Gasteiger partial charge in [0.2, 0.25) is 0 Å². The normalized spacial score (nSPS) is 44.7. The van der Waals surface area contributed by atoms with E-state index >= 15 is 0 Å². The highest BCUT2D eigenvalue weighted by Gasteiger charge is 2.42. The first-order valence-electron chi connectivity index (χ1n) is 4.43. The van der Waals surface area contributed by atoms with Gasteiger partial charge in [0.1, 0.15) is 0 Å². The first-order valence-corrected chi connectivity index (χ1v) is 4.43. The number of hydrogen-bond acceptors (Lipinski definition) is 3. The van der Waals surface area contributed by atoms with Crippen molar-refractivity contribution in [1.82, 2.24) is 5.23 Å². The fourth-order valence-corrected chi connectivity index (χ4v) is 2.51. The average Bonchev–Trinajstić information content (AvgIpc) is 2.63. The summed E-state index contributed by atoms with van der Waals surface area (Å²) in [6, 6.07) is 0.0463. The Morgan fingerprint density at radius 1 is 1.42 bits per heavy atom. The molecule has 68 valence electrons. The van der Waals surface area contributed by atoms with Gasteiger partial charge in [-0.15, -0.1) is 0 Å². The van der Waals surface area contributed by atoms with E-state index in [4.69, 9.17) is 4.84 Å². The van der Waals surface area contributed by atoms with Gasteiger partial charge in [0.25, 0.3) is 0 Å². The van der Waals surface area contributed by atoms with Gasteiger partial charge in [-0.2, -0.15) is 0 Å². The van der Waals surface area contributed by atoms with Crippen molar-refractivity contribution in [1.29, 1.82) is 0 Å². The van der Waals surface area contributed by atoms with Crippen LogP contribution in [0.25, 0.3) is 0 Å². The van der Waals surface area contributed by atoms with E-state index < -0.39 is 0 Å². The highest BCUT2D eigenvalue weighted by molar-refractivity contribution is 5.15. The second-order valence-corrected chi connectivity index (χ2v) is 3.77. The van der Waals surface area contributed by atoms with E-state index in [9.17, 15) is 5.21 Å². The van der Waals surface area contributed by atoms with Crippen LogP contribution in [0.5, 0.6) is 0 Å². The molecular weight excluding hydrogens is 154 g/mol. The molecule has 0 aromatic rings. The fourth-order valence-electron chi connectivity index (χ4n) is 2.51. The lowest BCUT2D eigenvalue weighted by Crippen LogP contribution is -2.37. The quantitative estimate of drug-likeness (QED) is 0.463. The van der Waals surface area contributed by atoms with Crippen LogP contribution in [0.15, 0.2) is 12.2 Å². The van der Waals surface area contributed by atoms with Crippen molar-refractivity contribution < 1.29 is 4.84 Å². The molecule has 0 aromatic carbocycles. The lowest BCUT2D eigenvalue weighted by Gasteiger charge is -2.38. The highest BCUT2D eigenvalue weighted by atomic mass is 16.9. The van der Waals surface area contributed by atoms with E-state index in [1.807, 2.05) is 0 Å². The molecule has 2 rings (SSSR count). The third-order valence-corrected chi connectivity index (χ3v) is 3.23. The molecule has 0 radical (unpaired) electrons. The molecule has 0 heterocycles. The molecule has 0 amide bonds. The smallest absolute Gasteiger partial charge is 0.0563 e. The summed E-state index contributed by atoms with van der Waals surface area (Å²) < 4.78 is 0. The Morgan fingerprint density at radius 3 is 2.58 bits per heavy atom. The standard InChI is InChI=1S/C9H14NO2/c1-6-7-3-4-8(5-7)9(6)10(11)12-2/h3-4,6-9H,5H2,1-2H3/q-1. The Balaban J connectivity index is 2.12. The maximum atomic E-state index is 11.3. The Morgan fingerprint density at radius 2 is 2.08 bits per heavy atom. The minimum Gasteiger partial charge on any atom is -0.762 e. The Kier molecular flexibility index (Phi) is 1.94. The van der Waals surface area contributed by atoms with Crippen LogP contribution >= 0.6 is 0 Å². The molecule has 3 nitrogen and oxygen atoms in total. The first-order chi connectivity index (χ1) is 5.74. The number of fused-ring (bicyclic) bond motifs is 2. The molecule has 12 heavy (non-hydrogen) atoms. The summed E-state index contributed by atoms with van der Waals surface area (Å²) in [6.07, 6.45) is 5.52. The zero-order valence-electron chi connectivity index (χ0n) is 7.43. The largest absolute Gasteiger partial charge is 0.762 e. The predicted octanol–water partition coefficient (Wildman–Crippen LogP) is 1.56. The van der Waals surface area contributed by atoms with Crippen LogP contribution in [0.1, 0.15) is 13.3 Å². The zero-order chi connectivity index (χ0) is 8.72. The molecule has 3 heteroatoms. The number of hydrogen-bond donors (Lipinski definition) is 0. The lowest BCUT2D eigenvalue weighted by molar-refractivity contribution is -0.135. The van der Waals surface area contributed by atoms with Crippen LogP contribution in [0.2, 0.25) is 0 Å². The number of nitrogens with zero attached hydrogens (tertiary/aromatic N) is 1. The molecule has 1 saturated carbocycles. The molecule has 0 saturated heterocycles. The summed E-state index contributed by atoms with van der Waals surface area (Å²) in [5, 5.41) is 12.0. The Bertz CT molecular complexity index is 205. The van der Waals surface area contributed by atoms with Crippen LogP contribution in [0.4, 0.5) is 0 Å². The van der Waals surface area contributed by atoms with Crippen LogP contribution in [0, 0.1) is 23.0 Å². The van der Waals surface area contributed by atoms with Gasteiger partial charge in [0.15, 0.2) is 0 Å². The van der Waals surface area contributed by atoms with Gasteiger partial charge in [-0.1, -0.05) is 19.1 Å². The van der Waals surface area contributed by atoms with E-state index in [0.717, 1.165) is 11.6 Å². The summed E-state index contributed by atoms with van der Waals surface area (Å²) in [6.45, 7) is 2.13. The number of rotatable bonds is 2. The van der Waals surface area contributed by atoms with Crippen LogP contribution < -0.4 is 0 Å². The second kappa shape index (κ2) is 2.83. The third kappa shape index (κ3) is 1.01. The van der Waals surface area contributed by atoms with Crippen molar-refractivity contribution in [2.45, 2.75) is 19.4 Å². The third-order valence-electron chi connectivity index (χ3n) is 3.23. The summed E-state index contributed by atoms with van der Waals surface area (Å²) in [7, 11) is 1.44. The van der Waals surface area contributed by atoms with E-state index in [0.29, 0.717) is 17.8 Å². The van der Waals surface area contributed by atoms with Gasteiger partial charge in [0.05, 0.1) is 7.11 Å². The molecule has 2 aliphatic rings. The molecule has 2 bridgehead atoms. The van der Waals surface area contributed by atoms with Crippen molar-refractivity contribution >= 4 is 0 Å². The highest BCUT2D eigenvalue weighted by Crippen LogP contribution is 2.45. The van der Waals surface area contributed by atoms with Crippen molar-refractivity contribution in [2.24, 2.45) is 17.8 Å². The summed E-state index contributed by atoms with van der Waals surface area (Å²) in [5.41, 5.74) is 0. The second-order valence-electron chi connectivity index (χ2n) is 3.77. The molecule has 1 fully saturated rings. The van der Waals surface area contributed by atoms with Gasteiger partial charge in [-0.05, 0) is 24.2 Å². The summed E-state index contributed by atoms with van der Waals surface area (Å²) >= 11 is 0. The van der Waals surface area contributed by atoms with Gasteiger partial charge < -0.3 is 10.0 Å². The average molecular weight is 168 g/mol. The van der Waals surface area contributed by atoms with Crippen LogP contribution in [-0.4, -0.2) is 18.4 Å². The molecule has 0 aromatic heterocycles. The van der Waals surface area contributed by atoms with Crippen LogP contribution in [-0.2, 0) is 4.84 Å². The minimum absolute atomic E-state index is 0.0463. The van der Waals surface area contributed by atoms with Gasteiger partial charge >= 0.3 is 0 Å². The van der Waals surface area contributed by atoms with E-state index in [-0.39, 0.29) is 6.04 Å². The number of allylic oxidation sites excluding steroid dienone is 1. The monoisotopic (exact) mass is 168 g/mol. The molecule has 2 aliphatic carbocycles. The lowest BCUT2D eigenvalue weighted by atomic mass is 9.91. The first kappa shape index (κ1) is 8.23. The Hall–Kier alpha value is -0.380. The van der Waals surface area contributed by atoms with E-state index in [1.165, 1.54) is 7.11 Å². The molecule has 4 atom stereocenters. The van der Waals surface area contributed by atoms with Gasteiger partial charge in [0, 0.05) is 6.04 Å². The maximum Gasteiger partial charge on any atom is 0.0563 e. The van der Waals surface area contributed by atoms with Gasteiger partial charge in [-0.25, -0.2) is 0 Å². The van der Waals surface area contributed by atoms with E-state index in [1.54, 1.807) is 0 Å². The molecular formula is C9H14NO2-. The topological polar surface area (TPSA) is 35.5 Å².